The van der Waals surface area contributed by atoms with Gasteiger partial charge >= 0.3 is 5.97 Å². The number of carboxylic acids is 1. The van der Waals surface area contributed by atoms with Crippen molar-refractivity contribution in [2.24, 2.45) is 0 Å². The van der Waals surface area contributed by atoms with Gasteiger partial charge in [-0.2, -0.15) is 0 Å². The number of aromatic nitrogens is 1. The van der Waals surface area contributed by atoms with Crippen LogP contribution in [0.2, 0.25) is 0 Å². The highest BCUT2D eigenvalue weighted by Gasteiger charge is 2.38. The first-order valence-corrected chi connectivity index (χ1v) is 7.71. The first-order chi connectivity index (χ1) is 9.07. The molecule has 5 heteroatoms. The van der Waals surface area contributed by atoms with E-state index >= 15 is 0 Å². The van der Waals surface area contributed by atoms with Crippen LogP contribution in [0.3, 0.4) is 0 Å². The van der Waals surface area contributed by atoms with Crippen molar-refractivity contribution in [1.29, 1.82) is 0 Å². The predicted octanol–water partition coefficient (Wildman–Crippen LogP) is 3.27. The van der Waals surface area contributed by atoms with Crippen molar-refractivity contribution >= 4 is 17.3 Å². The molecule has 4 nitrogen and oxygen atoms in total. The van der Waals surface area contributed by atoms with Crippen molar-refractivity contribution in [2.45, 2.75) is 58.0 Å². The van der Waals surface area contributed by atoms with E-state index < -0.39 is 5.97 Å². The minimum Gasteiger partial charge on any atom is -0.481 e. The molecule has 1 aromatic heterocycles. The van der Waals surface area contributed by atoms with Crippen molar-refractivity contribution in [3.05, 3.63) is 15.6 Å². The lowest BCUT2D eigenvalue weighted by Crippen LogP contribution is -2.32. The Kier molecular flexibility index (Phi) is 4.58. The molecule has 1 aromatic rings. The molecule has 106 valence electrons. The molecule has 1 heterocycles. The highest BCUT2D eigenvalue weighted by Crippen LogP contribution is 2.42. The van der Waals surface area contributed by atoms with Gasteiger partial charge in [0.1, 0.15) is 10.6 Å². The summed E-state index contributed by atoms with van der Waals surface area (Å²) in [6, 6.07) is 0. The summed E-state index contributed by atoms with van der Waals surface area (Å²) >= 11 is 1.52. The second-order valence-electron chi connectivity index (χ2n) is 5.09. The number of carboxylic acid groups (broad SMARTS) is 1. The van der Waals surface area contributed by atoms with E-state index in [2.05, 4.69) is 4.98 Å². The van der Waals surface area contributed by atoms with Gasteiger partial charge in [-0.3, -0.25) is 4.79 Å². The Morgan fingerprint density at radius 3 is 2.68 bits per heavy atom. The minimum atomic E-state index is -0.799. The number of hydrogen-bond donors (Lipinski definition) is 1. The van der Waals surface area contributed by atoms with Gasteiger partial charge in [0.05, 0.1) is 12.1 Å². The predicted molar refractivity (Wildman–Crippen MR) is 74.6 cm³/mol. The minimum absolute atomic E-state index is 0.0612. The number of nitrogens with zero attached hydrogens (tertiary/aromatic N) is 1. The van der Waals surface area contributed by atoms with Crippen molar-refractivity contribution < 1.29 is 14.6 Å². The number of ether oxygens (including phenoxy) is 1. The van der Waals surface area contributed by atoms with Gasteiger partial charge < -0.3 is 9.84 Å². The molecule has 0 radical (unpaired) electrons. The molecule has 0 amide bonds. The zero-order valence-electron chi connectivity index (χ0n) is 11.6. The first-order valence-electron chi connectivity index (χ1n) is 6.90. The Hall–Kier alpha value is -0.940. The van der Waals surface area contributed by atoms with E-state index in [1.54, 1.807) is 0 Å². The molecule has 1 aliphatic carbocycles. The molecular formula is C14H21NO3S. The molecule has 19 heavy (non-hydrogen) atoms. The van der Waals surface area contributed by atoms with Crippen LogP contribution in [-0.4, -0.2) is 22.7 Å². The maximum Gasteiger partial charge on any atom is 0.308 e. The monoisotopic (exact) mass is 283 g/mol. The van der Waals surface area contributed by atoms with Gasteiger partial charge in [-0.15, -0.1) is 11.3 Å². The third kappa shape index (κ3) is 3.15. The third-order valence-corrected chi connectivity index (χ3v) is 5.02. The van der Waals surface area contributed by atoms with E-state index in [0.717, 1.165) is 41.3 Å². The molecule has 0 spiro atoms. The maximum absolute atomic E-state index is 10.9. The molecule has 0 bridgehead atoms. The van der Waals surface area contributed by atoms with Crippen molar-refractivity contribution in [3.8, 4) is 0 Å². The molecule has 0 aliphatic heterocycles. The Morgan fingerprint density at radius 1 is 1.42 bits per heavy atom. The molecule has 0 saturated heterocycles. The van der Waals surface area contributed by atoms with E-state index in [0.29, 0.717) is 6.61 Å². The van der Waals surface area contributed by atoms with Crippen molar-refractivity contribution in [2.75, 3.05) is 6.61 Å². The average Bonchev–Trinajstić information content (AvgIpc) is 2.72. The molecule has 1 fully saturated rings. The SMILES string of the molecule is CCOC1(c2nc(C)c(CC(=O)O)s2)CCCCC1. The van der Waals surface area contributed by atoms with Crippen LogP contribution in [0.25, 0.3) is 0 Å². The van der Waals surface area contributed by atoms with Gasteiger partial charge in [-0.1, -0.05) is 19.3 Å². The number of aryl methyl sites for hydroxylation is 1. The van der Waals surface area contributed by atoms with E-state index in [9.17, 15) is 4.79 Å². The number of thiazole rings is 1. The third-order valence-electron chi connectivity index (χ3n) is 3.68. The topological polar surface area (TPSA) is 59.4 Å². The number of carbonyl (C=O) groups is 1. The van der Waals surface area contributed by atoms with Crippen LogP contribution in [0, 0.1) is 6.92 Å². The Morgan fingerprint density at radius 2 is 2.11 bits per heavy atom. The Labute approximate surface area is 117 Å². The van der Waals surface area contributed by atoms with Crippen molar-refractivity contribution in [3.63, 3.8) is 0 Å². The fraction of sp³-hybridized carbons (Fsp3) is 0.714. The summed E-state index contributed by atoms with van der Waals surface area (Å²) in [5.41, 5.74) is 0.575. The van der Waals surface area contributed by atoms with Gasteiger partial charge in [-0.25, -0.2) is 4.98 Å². The first kappa shape index (κ1) is 14.5. The number of aliphatic carboxylic acids is 1. The summed E-state index contributed by atoms with van der Waals surface area (Å²) in [6.45, 7) is 4.57. The molecule has 0 aromatic carbocycles. The summed E-state index contributed by atoms with van der Waals surface area (Å²) in [4.78, 5) is 16.3. The second-order valence-corrected chi connectivity index (χ2v) is 6.17. The van der Waals surface area contributed by atoms with Crippen LogP contribution in [-0.2, 0) is 21.6 Å². The van der Waals surface area contributed by atoms with Crippen LogP contribution in [0.15, 0.2) is 0 Å². The normalized spacial score (nSPS) is 18.4. The fourth-order valence-corrected chi connectivity index (χ4v) is 4.00. The lowest BCUT2D eigenvalue weighted by Gasteiger charge is -2.35. The molecular weight excluding hydrogens is 262 g/mol. The molecule has 1 N–H and O–H groups in total. The standard InChI is InChI=1S/C14H21NO3S/c1-3-18-14(7-5-4-6-8-14)13-15-10(2)11(19-13)9-12(16)17/h3-9H2,1-2H3,(H,16,17). The van der Waals surface area contributed by atoms with Crippen LogP contribution < -0.4 is 0 Å². The van der Waals surface area contributed by atoms with Crippen LogP contribution in [0.1, 0.15) is 54.6 Å². The molecule has 1 aliphatic rings. The lowest BCUT2D eigenvalue weighted by atomic mass is 9.85. The molecule has 1 saturated carbocycles. The molecule has 2 rings (SSSR count). The van der Waals surface area contributed by atoms with Gasteiger partial charge in [-0.05, 0) is 26.7 Å². The summed E-state index contributed by atoms with van der Waals surface area (Å²) in [5, 5.41) is 9.90. The Balaban J connectivity index is 2.29. The summed E-state index contributed by atoms with van der Waals surface area (Å²) < 4.78 is 6.03. The average molecular weight is 283 g/mol. The molecule has 0 atom stereocenters. The van der Waals surface area contributed by atoms with E-state index in [1.807, 2.05) is 13.8 Å². The van der Waals surface area contributed by atoms with Gasteiger partial charge in [0, 0.05) is 11.5 Å². The summed E-state index contributed by atoms with van der Waals surface area (Å²) in [6.07, 6.45) is 5.63. The van der Waals surface area contributed by atoms with E-state index in [4.69, 9.17) is 9.84 Å². The van der Waals surface area contributed by atoms with Crippen LogP contribution in [0.5, 0.6) is 0 Å². The van der Waals surface area contributed by atoms with Crippen molar-refractivity contribution in [1.82, 2.24) is 4.98 Å². The van der Waals surface area contributed by atoms with Gasteiger partial charge in [0.2, 0.25) is 0 Å². The quantitative estimate of drug-likeness (QED) is 0.901. The largest absolute Gasteiger partial charge is 0.481 e. The van der Waals surface area contributed by atoms with E-state index in [1.165, 1.54) is 17.8 Å². The highest BCUT2D eigenvalue weighted by molar-refractivity contribution is 7.12. The second kappa shape index (κ2) is 6.01. The summed E-state index contributed by atoms with van der Waals surface area (Å²) in [5.74, 6) is -0.799. The lowest BCUT2D eigenvalue weighted by molar-refractivity contribution is -0.136. The maximum atomic E-state index is 10.9. The molecule has 0 unspecified atom stereocenters. The smallest absolute Gasteiger partial charge is 0.308 e. The fourth-order valence-electron chi connectivity index (χ4n) is 2.74. The highest BCUT2D eigenvalue weighted by atomic mass is 32.1. The van der Waals surface area contributed by atoms with E-state index in [-0.39, 0.29) is 12.0 Å². The zero-order valence-corrected chi connectivity index (χ0v) is 12.4. The number of rotatable bonds is 5. The van der Waals surface area contributed by atoms with Gasteiger partial charge in [0.25, 0.3) is 0 Å². The van der Waals surface area contributed by atoms with Crippen LogP contribution >= 0.6 is 11.3 Å². The van der Waals surface area contributed by atoms with Gasteiger partial charge in [0.15, 0.2) is 0 Å². The number of hydrogen-bond acceptors (Lipinski definition) is 4. The Bertz CT molecular complexity index is 444. The summed E-state index contributed by atoms with van der Waals surface area (Å²) in [7, 11) is 0. The zero-order chi connectivity index (χ0) is 13.9. The van der Waals surface area contributed by atoms with Crippen LogP contribution in [0.4, 0.5) is 0 Å².